The maximum Gasteiger partial charge on any atom is 0.241 e. The van der Waals surface area contributed by atoms with E-state index in [1.807, 2.05) is 13.8 Å². The summed E-state index contributed by atoms with van der Waals surface area (Å²) in [4.78, 5) is 25.1. The molecule has 0 unspecified atom stereocenters. The zero-order valence-electron chi connectivity index (χ0n) is 13.7. The molecule has 7 heteroatoms. The Morgan fingerprint density at radius 1 is 1.39 bits per heavy atom. The highest BCUT2D eigenvalue weighted by Gasteiger charge is 2.18. The van der Waals surface area contributed by atoms with Crippen molar-refractivity contribution in [3.8, 4) is 5.75 Å². The molecule has 23 heavy (non-hydrogen) atoms. The van der Waals surface area contributed by atoms with Crippen molar-refractivity contribution in [1.29, 1.82) is 0 Å². The topological polar surface area (TPSA) is 84.7 Å². The van der Waals surface area contributed by atoms with Gasteiger partial charge in [-0.1, -0.05) is 31.5 Å². The monoisotopic (exact) mass is 341 g/mol. The maximum atomic E-state index is 11.9. The van der Waals surface area contributed by atoms with Crippen molar-refractivity contribution in [3.05, 3.63) is 29.3 Å². The number of nitrogens with zero attached hydrogens (tertiary/aromatic N) is 1. The molecule has 0 aliphatic rings. The standard InChI is InChI=1S/C16H24ClN3O3/c1-11(2)15(18)16(22)19-10-14(21)20(3)7-8-23-13-6-4-5-12(17)9-13/h4-6,9,11,15H,7-8,10,18H2,1-3H3,(H,19,22)/t15-/m0/s1. The highest BCUT2D eigenvalue weighted by molar-refractivity contribution is 6.30. The van der Waals surface area contributed by atoms with E-state index in [2.05, 4.69) is 5.32 Å². The predicted octanol–water partition coefficient (Wildman–Crippen LogP) is 1.28. The first kappa shape index (κ1) is 19.3. The van der Waals surface area contributed by atoms with Crippen LogP contribution in [0.2, 0.25) is 5.02 Å². The van der Waals surface area contributed by atoms with Crippen molar-refractivity contribution < 1.29 is 14.3 Å². The van der Waals surface area contributed by atoms with Crippen LogP contribution >= 0.6 is 11.6 Å². The number of carbonyl (C=O) groups is 2. The molecule has 0 saturated carbocycles. The van der Waals surface area contributed by atoms with E-state index in [1.165, 1.54) is 4.90 Å². The summed E-state index contributed by atoms with van der Waals surface area (Å²) in [7, 11) is 1.65. The van der Waals surface area contributed by atoms with Crippen molar-refractivity contribution in [2.24, 2.45) is 11.7 Å². The largest absolute Gasteiger partial charge is 0.492 e. The molecule has 0 radical (unpaired) electrons. The molecular formula is C16H24ClN3O3. The number of hydrogen-bond acceptors (Lipinski definition) is 4. The lowest BCUT2D eigenvalue weighted by Crippen LogP contribution is -2.47. The highest BCUT2D eigenvalue weighted by atomic mass is 35.5. The van der Waals surface area contributed by atoms with Gasteiger partial charge in [-0.3, -0.25) is 9.59 Å². The minimum atomic E-state index is -0.612. The molecule has 1 atom stereocenters. The molecular weight excluding hydrogens is 318 g/mol. The van der Waals surface area contributed by atoms with Crippen LogP contribution in [-0.2, 0) is 9.59 Å². The average Bonchev–Trinajstić information content (AvgIpc) is 2.51. The van der Waals surface area contributed by atoms with Gasteiger partial charge in [0.05, 0.1) is 19.1 Å². The van der Waals surface area contributed by atoms with Gasteiger partial charge in [0.15, 0.2) is 0 Å². The smallest absolute Gasteiger partial charge is 0.241 e. The summed E-state index contributed by atoms with van der Waals surface area (Å²) in [6, 6.07) is 6.44. The van der Waals surface area contributed by atoms with E-state index in [-0.39, 0.29) is 24.3 Å². The number of hydrogen-bond donors (Lipinski definition) is 2. The number of benzene rings is 1. The Kier molecular flexibility index (Phi) is 7.85. The minimum Gasteiger partial charge on any atom is -0.492 e. The van der Waals surface area contributed by atoms with Crippen molar-refractivity contribution in [1.82, 2.24) is 10.2 Å². The summed E-state index contributed by atoms with van der Waals surface area (Å²) in [5.74, 6) is 0.143. The van der Waals surface area contributed by atoms with Crippen LogP contribution in [0.4, 0.5) is 0 Å². The predicted molar refractivity (Wildman–Crippen MR) is 90.4 cm³/mol. The Morgan fingerprint density at radius 3 is 2.70 bits per heavy atom. The number of amides is 2. The first-order valence-electron chi connectivity index (χ1n) is 7.47. The SMILES string of the molecule is CC(C)[C@H](N)C(=O)NCC(=O)N(C)CCOc1cccc(Cl)c1. The molecule has 0 fully saturated rings. The van der Waals surface area contributed by atoms with Crippen molar-refractivity contribution in [2.45, 2.75) is 19.9 Å². The molecule has 0 aliphatic carbocycles. The lowest BCUT2D eigenvalue weighted by molar-refractivity contribution is -0.132. The van der Waals surface area contributed by atoms with Crippen molar-refractivity contribution >= 4 is 23.4 Å². The van der Waals surface area contributed by atoms with E-state index in [4.69, 9.17) is 22.1 Å². The molecule has 6 nitrogen and oxygen atoms in total. The van der Waals surface area contributed by atoms with Crippen molar-refractivity contribution in [2.75, 3.05) is 26.7 Å². The number of carbonyl (C=O) groups excluding carboxylic acids is 2. The summed E-state index contributed by atoms with van der Waals surface area (Å²) < 4.78 is 5.52. The Labute approximate surface area is 141 Å². The number of rotatable bonds is 8. The van der Waals surface area contributed by atoms with Crippen LogP contribution in [0.25, 0.3) is 0 Å². The molecule has 0 spiro atoms. The zero-order chi connectivity index (χ0) is 17.4. The van der Waals surface area contributed by atoms with Gasteiger partial charge in [-0.25, -0.2) is 0 Å². The van der Waals surface area contributed by atoms with E-state index < -0.39 is 6.04 Å². The lowest BCUT2D eigenvalue weighted by atomic mass is 10.1. The van der Waals surface area contributed by atoms with E-state index in [0.717, 1.165) is 0 Å². The van der Waals surface area contributed by atoms with E-state index in [9.17, 15) is 9.59 Å². The molecule has 0 heterocycles. The van der Waals surface area contributed by atoms with Crippen LogP contribution in [0.15, 0.2) is 24.3 Å². The number of ether oxygens (including phenoxy) is 1. The Morgan fingerprint density at radius 2 is 2.09 bits per heavy atom. The number of nitrogens with one attached hydrogen (secondary N) is 1. The van der Waals surface area contributed by atoms with Crippen LogP contribution in [0.5, 0.6) is 5.75 Å². The molecule has 0 bridgehead atoms. The van der Waals surface area contributed by atoms with Crippen LogP contribution in [0.1, 0.15) is 13.8 Å². The normalized spacial score (nSPS) is 11.9. The zero-order valence-corrected chi connectivity index (χ0v) is 14.5. The van der Waals surface area contributed by atoms with Crippen LogP contribution in [0, 0.1) is 5.92 Å². The van der Waals surface area contributed by atoms with Gasteiger partial charge in [-0.15, -0.1) is 0 Å². The fourth-order valence-electron chi connectivity index (χ4n) is 1.70. The summed E-state index contributed by atoms with van der Waals surface area (Å²) in [6.07, 6.45) is 0. The third kappa shape index (κ3) is 6.88. The number of nitrogens with two attached hydrogens (primary N) is 1. The molecule has 128 valence electrons. The molecule has 1 rings (SSSR count). The second-order valence-corrected chi connectivity index (χ2v) is 6.05. The average molecular weight is 342 g/mol. The highest BCUT2D eigenvalue weighted by Crippen LogP contribution is 2.16. The number of halogens is 1. The van der Waals surface area contributed by atoms with Gasteiger partial charge in [-0.2, -0.15) is 0 Å². The third-order valence-corrected chi connectivity index (χ3v) is 3.59. The van der Waals surface area contributed by atoms with E-state index in [1.54, 1.807) is 31.3 Å². The second-order valence-electron chi connectivity index (χ2n) is 5.61. The summed E-state index contributed by atoms with van der Waals surface area (Å²) >= 11 is 5.86. The first-order valence-corrected chi connectivity index (χ1v) is 7.84. The summed E-state index contributed by atoms with van der Waals surface area (Å²) in [5, 5.41) is 3.14. The fourth-order valence-corrected chi connectivity index (χ4v) is 1.88. The first-order chi connectivity index (χ1) is 10.8. The Hall–Kier alpha value is -1.79. The fraction of sp³-hybridized carbons (Fsp3) is 0.500. The van der Waals surface area contributed by atoms with Gasteiger partial charge in [0.25, 0.3) is 0 Å². The molecule has 1 aromatic rings. The third-order valence-electron chi connectivity index (χ3n) is 3.35. The molecule has 0 saturated heterocycles. The van der Waals surface area contributed by atoms with Crippen LogP contribution in [-0.4, -0.2) is 49.5 Å². The second kappa shape index (κ2) is 9.37. The van der Waals surface area contributed by atoms with Crippen LogP contribution < -0.4 is 15.8 Å². The van der Waals surface area contributed by atoms with Gasteiger partial charge >= 0.3 is 0 Å². The molecule has 0 aromatic heterocycles. The lowest BCUT2D eigenvalue weighted by Gasteiger charge is -2.19. The molecule has 2 amide bonds. The van der Waals surface area contributed by atoms with Gasteiger partial charge in [-0.05, 0) is 24.1 Å². The Bertz CT molecular complexity index is 537. The molecule has 1 aromatic carbocycles. The summed E-state index contributed by atoms with van der Waals surface area (Å²) in [5.41, 5.74) is 5.71. The number of likely N-dealkylation sites (N-methyl/N-ethyl adjacent to an activating group) is 1. The minimum absolute atomic E-state index is 0.0222. The van der Waals surface area contributed by atoms with Gasteiger partial charge in [0.1, 0.15) is 12.4 Å². The molecule has 3 N–H and O–H groups in total. The van der Waals surface area contributed by atoms with Gasteiger partial charge in [0, 0.05) is 12.1 Å². The quantitative estimate of drug-likeness (QED) is 0.746. The van der Waals surface area contributed by atoms with Gasteiger partial charge < -0.3 is 20.7 Å². The Balaban J connectivity index is 2.30. The summed E-state index contributed by atoms with van der Waals surface area (Å²) in [6.45, 7) is 4.36. The van der Waals surface area contributed by atoms with Crippen molar-refractivity contribution in [3.63, 3.8) is 0 Å². The van der Waals surface area contributed by atoms with Gasteiger partial charge in [0.2, 0.25) is 11.8 Å². The van der Waals surface area contributed by atoms with Crippen LogP contribution in [0.3, 0.4) is 0 Å². The van der Waals surface area contributed by atoms with E-state index >= 15 is 0 Å². The maximum absolute atomic E-state index is 11.9. The van der Waals surface area contributed by atoms with E-state index in [0.29, 0.717) is 23.9 Å². The molecule has 0 aliphatic heterocycles.